The first-order valence-corrected chi connectivity index (χ1v) is 4.17. The van der Waals surface area contributed by atoms with Gasteiger partial charge < -0.3 is 0 Å². The van der Waals surface area contributed by atoms with Gasteiger partial charge in [-0.3, -0.25) is 5.10 Å². The highest BCUT2D eigenvalue weighted by molar-refractivity contribution is 9.10. The number of hydrogen-bond acceptors (Lipinski definition) is 1. The van der Waals surface area contributed by atoms with Crippen molar-refractivity contribution in [2.24, 2.45) is 0 Å². The van der Waals surface area contributed by atoms with E-state index in [1.165, 1.54) is 5.56 Å². The number of fused-ring (bicyclic) bond motifs is 1. The third-order valence-corrected chi connectivity index (χ3v) is 2.28. The van der Waals surface area contributed by atoms with Crippen molar-refractivity contribution in [3.63, 3.8) is 0 Å². The van der Waals surface area contributed by atoms with Crippen LogP contribution in [0.2, 0.25) is 0 Å². The Balaban J connectivity index is 2.86. The van der Waals surface area contributed by atoms with Crippen LogP contribution in [0.3, 0.4) is 0 Å². The highest BCUT2D eigenvalue weighted by atomic mass is 79.9. The minimum absolute atomic E-state index is 0.882. The van der Waals surface area contributed by atoms with Crippen molar-refractivity contribution in [3.8, 4) is 0 Å². The van der Waals surface area contributed by atoms with Crippen LogP contribution < -0.4 is 0 Å². The fourth-order valence-electron chi connectivity index (χ4n) is 1.10. The average molecular weight is 211 g/mol. The Labute approximate surface area is 72.7 Å². The predicted octanol–water partition coefficient (Wildman–Crippen LogP) is 2.63. The molecule has 56 valence electrons. The van der Waals surface area contributed by atoms with Gasteiger partial charge in [-0.1, -0.05) is 6.07 Å². The summed E-state index contributed by atoms with van der Waals surface area (Å²) in [5.41, 5.74) is 2.32. The Morgan fingerprint density at radius 3 is 3.09 bits per heavy atom. The largest absolute Gasteiger partial charge is 0.277 e. The van der Waals surface area contributed by atoms with Crippen LogP contribution in [0, 0.1) is 6.92 Å². The second kappa shape index (κ2) is 2.34. The Morgan fingerprint density at radius 1 is 1.45 bits per heavy atom. The first-order chi connectivity index (χ1) is 5.27. The zero-order valence-electron chi connectivity index (χ0n) is 6.06. The minimum Gasteiger partial charge on any atom is -0.277 e. The number of benzene rings is 1. The van der Waals surface area contributed by atoms with Crippen LogP contribution in [0.1, 0.15) is 5.56 Å². The summed E-state index contributed by atoms with van der Waals surface area (Å²) in [6.45, 7) is 2.06. The van der Waals surface area contributed by atoms with Crippen molar-refractivity contribution < 1.29 is 0 Å². The molecule has 3 heteroatoms. The van der Waals surface area contributed by atoms with Crippen LogP contribution in [-0.2, 0) is 0 Å². The second-order valence-corrected chi connectivity index (χ2v) is 3.31. The molecule has 2 rings (SSSR count). The van der Waals surface area contributed by atoms with Crippen molar-refractivity contribution in [1.82, 2.24) is 10.2 Å². The normalized spacial score (nSPS) is 10.7. The van der Waals surface area contributed by atoms with Crippen LogP contribution in [-0.4, -0.2) is 10.2 Å². The van der Waals surface area contributed by atoms with Gasteiger partial charge in [0.05, 0.1) is 5.52 Å². The summed E-state index contributed by atoms with van der Waals surface area (Å²) in [5.74, 6) is 0. The van der Waals surface area contributed by atoms with E-state index in [1.54, 1.807) is 0 Å². The Kier molecular flexibility index (Phi) is 1.46. The molecule has 0 aliphatic carbocycles. The van der Waals surface area contributed by atoms with Gasteiger partial charge in [-0.15, -0.1) is 0 Å². The van der Waals surface area contributed by atoms with E-state index in [4.69, 9.17) is 0 Å². The third kappa shape index (κ3) is 1.05. The number of aromatic nitrogens is 2. The topological polar surface area (TPSA) is 28.7 Å². The minimum atomic E-state index is 0.882. The van der Waals surface area contributed by atoms with Crippen molar-refractivity contribution >= 4 is 26.8 Å². The lowest BCUT2D eigenvalue weighted by Crippen LogP contribution is -1.71. The van der Waals surface area contributed by atoms with Gasteiger partial charge in [-0.05, 0) is 40.5 Å². The van der Waals surface area contributed by atoms with Crippen molar-refractivity contribution in [2.75, 3.05) is 0 Å². The number of aryl methyl sites for hydroxylation is 1. The van der Waals surface area contributed by atoms with E-state index in [2.05, 4.69) is 51.3 Å². The molecule has 0 unspecified atom stereocenters. The summed E-state index contributed by atoms with van der Waals surface area (Å²) in [6.07, 6.45) is 0. The molecule has 0 aliphatic heterocycles. The van der Waals surface area contributed by atoms with Gasteiger partial charge in [0.1, 0.15) is 4.60 Å². The van der Waals surface area contributed by atoms with Crippen LogP contribution in [0.25, 0.3) is 10.9 Å². The zero-order chi connectivity index (χ0) is 7.84. The molecule has 1 aromatic carbocycles. The molecule has 0 radical (unpaired) electrons. The standard InChI is InChI=1S/C8H7BrN2/c1-5-2-3-6-7(4-5)10-11-8(6)9/h2-4H,1H3,(H,10,11). The summed E-state index contributed by atoms with van der Waals surface area (Å²) in [5, 5.41) is 8.10. The van der Waals surface area contributed by atoms with Crippen molar-refractivity contribution in [1.29, 1.82) is 0 Å². The summed E-state index contributed by atoms with van der Waals surface area (Å²) in [4.78, 5) is 0. The lowest BCUT2D eigenvalue weighted by atomic mass is 10.2. The monoisotopic (exact) mass is 210 g/mol. The lowest BCUT2D eigenvalue weighted by Gasteiger charge is -1.90. The lowest BCUT2D eigenvalue weighted by molar-refractivity contribution is 1.09. The first-order valence-electron chi connectivity index (χ1n) is 3.37. The second-order valence-electron chi connectivity index (χ2n) is 2.56. The summed E-state index contributed by atoms with van der Waals surface area (Å²) >= 11 is 3.35. The average Bonchev–Trinajstić information content (AvgIpc) is 2.32. The van der Waals surface area contributed by atoms with Crippen LogP contribution in [0.5, 0.6) is 0 Å². The molecule has 2 nitrogen and oxygen atoms in total. The van der Waals surface area contributed by atoms with Crippen LogP contribution in [0.4, 0.5) is 0 Å². The van der Waals surface area contributed by atoms with E-state index in [1.807, 2.05) is 0 Å². The fourth-order valence-corrected chi connectivity index (χ4v) is 1.53. The maximum absolute atomic E-state index is 4.03. The van der Waals surface area contributed by atoms with E-state index >= 15 is 0 Å². The number of halogens is 1. The Morgan fingerprint density at radius 2 is 2.27 bits per heavy atom. The molecule has 0 bridgehead atoms. The molecule has 0 fully saturated rings. The molecular weight excluding hydrogens is 204 g/mol. The van der Waals surface area contributed by atoms with Crippen molar-refractivity contribution in [2.45, 2.75) is 6.92 Å². The molecule has 1 heterocycles. The molecule has 0 aliphatic rings. The number of nitrogens with zero attached hydrogens (tertiary/aromatic N) is 1. The number of aromatic amines is 1. The van der Waals surface area contributed by atoms with E-state index in [0.717, 1.165) is 15.5 Å². The maximum atomic E-state index is 4.03. The number of rotatable bonds is 0. The number of H-pyrrole nitrogens is 1. The van der Waals surface area contributed by atoms with Crippen molar-refractivity contribution in [3.05, 3.63) is 28.4 Å². The molecule has 11 heavy (non-hydrogen) atoms. The summed E-state index contributed by atoms with van der Waals surface area (Å²) < 4.78 is 0.882. The Hall–Kier alpha value is -0.830. The van der Waals surface area contributed by atoms with E-state index in [0.29, 0.717) is 0 Å². The van der Waals surface area contributed by atoms with Gasteiger partial charge in [0.25, 0.3) is 0 Å². The molecule has 0 spiro atoms. The van der Waals surface area contributed by atoms with Gasteiger partial charge in [-0.25, -0.2) is 0 Å². The molecular formula is C8H7BrN2. The molecule has 0 atom stereocenters. The molecule has 0 amide bonds. The molecule has 2 aromatic rings. The number of hydrogen-bond donors (Lipinski definition) is 1. The molecule has 0 saturated heterocycles. The summed E-state index contributed by atoms with van der Waals surface area (Å²) in [7, 11) is 0. The highest BCUT2D eigenvalue weighted by Crippen LogP contribution is 2.20. The smallest absolute Gasteiger partial charge is 0.135 e. The van der Waals surface area contributed by atoms with Gasteiger partial charge in [0, 0.05) is 5.39 Å². The highest BCUT2D eigenvalue weighted by Gasteiger charge is 2.00. The molecule has 0 saturated carbocycles. The molecule has 1 N–H and O–H groups in total. The van der Waals surface area contributed by atoms with Gasteiger partial charge >= 0.3 is 0 Å². The van der Waals surface area contributed by atoms with Gasteiger partial charge in [-0.2, -0.15) is 5.10 Å². The number of nitrogens with one attached hydrogen (secondary N) is 1. The SMILES string of the molecule is Cc1ccc2c(Br)n[nH]c2c1. The van der Waals surface area contributed by atoms with Gasteiger partial charge in [0.2, 0.25) is 0 Å². The molecule has 1 aromatic heterocycles. The summed E-state index contributed by atoms with van der Waals surface area (Å²) in [6, 6.07) is 6.20. The first kappa shape index (κ1) is 6.85. The van der Waals surface area contributed by atoms with Crippen LogP contribution >= 0.6 is 15.9 Å². The quantitative estimate of drug-likeness (QED) is 0.712. The zero-order valence-corrected chi connectivity index (χ0v) is 7.64. The predicted molar refractivity (Wildman–Crippen MR) is 48.5 cm³/mol. The van der Waals surface area contributed by atoms with Crippen LogP contribution in [0.15, 0.2) is 22.8 Å². The fraction of sp³-hybridized carbons (Fsp3) is 0.125. The maximum Gasteiger partial charge on any atom is 0.135 e. The van der Waals surface area contributed by atoms with Gasteiger partial charge in [0.15, 0.2) is 0 Å². The van der Waals surface area contributed by atoms with E-state index in [-0.39, 0.29) is 0 Å². The Bertz CT molecular complexity index is 392. The van der Waals surface area contributed by atoms with E-state index in [9.17, 15) is 0 Å². The third-order valence-electron chi connectivity index (χ3n) is 1.67. The van der Waals surface area contributed by atoms with E-state index < -0.39 is 0 Å².